The summed E-state index contributed by atoms with van der Waals surface area (Å²) in [6.45, 7) is 0.624. The summed E-state index contributed by atoms with van der Waals surface area (Å²) in [4.78, 5) is 38.7. The molecule has 0 unspecified atom stereocenters. The van der Waals surface area contributed by atoms with Crippen molar-refractivity contribution in [3.63, 3.8) is 0 Å². The number of aliphatic hydroxyl groups is 1. The van der Waals surface area contributed by atoms with E-state index in [1.165, 1.54) is 24.2 Å². The molecule has 2 aromatic rings. The molecule has 32 heavy (non-hydrogen) atoms. The van der Waals surface area contributed by atoms with Crippen LogP contribution in [0.2, 0.25) is 0 Å². The molecule has 0 spiro atoms. The molecule has 0 saturated carbocycles. The molecule has 0 bridgehead atoms. The highest BCUT2D eigenvalue weighted by Gasteiger charge is 2.31. The predicted octanol–water partition coefficient (Wildman–Crippen LogP) is 1.32. The Morgan fingerprint density at radius 3 is 2.81 bits per heavy atom. The van der Waals surface area contributed by atoms with Gasteiger partial charge in [0.15, 0.2) is 6.61 Å². The first-order chi connectivity index (χ1) is 15.2. The lowest BCUT2D eigenvalue weighted by atomic mass is 10.1. The van der Waals surface area contributed by atoms with Crippen molar-refractivity contribution in [2.45, 2.75) is 39.0 Å². The Kier molecular flexibility index (Phi) is 7.23. The molecule has 2 aromatic heterocycles. The van der Waals surface area contributed by atoms with Crippen molar-refractivity contribution in [2.75, 3.05) is 19.8 Å². The summed E-state index contributed by atoms with van der Waals surface area (Å²) < 4.78 is 41.6. The number of rotatable bonds is 9. The fourth-order valence-electron chi connectivity index (χ4n) is 3.23. The van der Waals surface area contributed by atoms with E-state index in [9.17, 15) is 22.8 Å². The van der Waals surface area contributed by atoms with E-state index in [0.29, 0.717) is 35.5 Å². The first-order valence-corrected chi connectivity index (χ1v) is 9.83. The lowest BCUT2D eigenvalue weighted by Crippen LogP contribution is -2.27. The number of carbonyl (C=O) groups is 2. The highest BCUT2D eigenvalue weighted by molar-refractivity contribution is 5.98. The number of nitrogens with one attached hydrogen (secondary N) is 1. The van der Waals surface area contributed by atoms with Gasteiger partial charge in [0.2, 0.25) is 11.8 Å². The van der Waals surface area contributed by atoms with Gasteiger partial charge in [0.1, 0.15) is 0 Å². The van der Waals surface area contributed by atoms with Crippen LogP contribution in [-0.4, -0.2) is 62.7 Å². The van der Waals surface area contributed by atoms with E-state index in [-0.39, 0.29) is 49.5 Å². The maximum Gasteiger partial charge on any atom is 0.422 e. The van der Waals surface area contributed by atoms with E-state index in [4.69, 9.17) is 5.11 Å². The maximum atomic E-state index is 12.8. The number of alkyl halides is 3. The van der Waals surface area contributed by atoms with Gasteiger partial charge < -0.3 is 20.1 Å². The number of fused-ring (bicyclic) bond motifs is 1. The highest BCUT2D eigenvalue weighted by atomic mass is 19.4. The standard InChI is InChI=1S/C20H22F3N5O4/c1-12-18(32-11-20(21,22)23)26-8-13(27-12)9-28-10-15-14(19(28)31)3-5-24-16(15)7-17(30)25-4-2-6-29/h3,5,8,29H,2,4,6-7,9-11H2,1H3,(H,25,30). The highest BCUT2D eigenvalue weighted by Crippen LogP contribution is 2.27. The van der Waals surface area contributed by atoms with Crippen LogP contribution in [0.5, 0.6) is 5.88 Å². The molecular weight excluding hydrogens is 431 g/mol. The molecule has 3 heterocycles. The molecule has 172 valence electrons. The molecule has 9 nitrogen and oxygen atoms in total. The smallest absolute Gasteiger partial charge is 0.422 e. The van der Waals surface area contributed by atoms with Crippen molar-refractivity contribution in [3.05, 3.63) is 46.7 Å². The fraction of sp³-hybridized carbons (Fsp3) is 0.450. The summed E-state index contributed by atoms with van der Waals surface area (Å²) in [5, 5.41) is 11.5. The van der Waals surface area contributed by atoms with Crippen molar-refractivity contribution in [1.82, 2.24) is 25.2 Å². The van der Waals surface area contributed by atoms with Crippen molar-refractivity contribution < 1.29 is 32.6 Å². The number of aromatic nitrogens is 3. The first-order valence-electron chi connectivity index (χ1n) is 9.83. The van der Waals surface area contributed by atoms with Crippen LogP contribution in [0.1, 0.15) is 39.4 Å². The average molecular weight is 453 g/mol. The number of hydrogen-bond donors (Lipinski definition) is 2. The number of ether oxygens (including phenoxy) is 1. The van der Waals surface area contributed by atoms with Gasteiger partial charge in [0.25, 0.3) is 5.91 Å². The van der Waals surface area contributed by atoms with Crippen LogP contribution in [0.25, 0.3) is 0 Å². The van der Waals surface area contributed by atoms with Crippen LogP contribution >= 0.6 is 0 Å². The molecule has 0 saturated heterocycles. The van der Waals surface area contributed by atoms with Gasteiger partial charge in [-0.05, 0) is 19.4 Å². The third-order valence-electron chi connectivity index (χ3n) is 4.67. The van der Waals surface area contributed by atoms with E-state index < -0.39 is 12.8 Å². The lowest BCUT2D eigenvalue weighted by Gasteiger charge is -2.16. The molecular formula is C20H22F3N5O4. The van der Waals surface area contributed by atoms with Crippen LogP contribution < -0.4 is 10.1 Å². The number of amides is 2. The summed E-state index contributed by atoms with van der Waals surface area (Å²) in [6.07, 6.45) is -1.31. The molecule has 0 radical (unpaired) electrons. The summed E-state index contributed by atoms with van der Waals surface area (Å²) in [5.74, 6) is -0.747. The van der Waals surface area contributed by atoms with Gasteiger partial charge in [-0.15, -0.1) is 0 Å². The minimum absolute atomic E-state index is 0.000122. The summed E-state index contributed by atoms with van der Waals surface area (Å²) in [6, 6.07) is 1.58. The third-order valence-corrected chi connectivity index (χ3v) is 4.67. The number of nitrogens with zero attached hydrogens (tertiary/aromatic N) is 4. The minimum atomic E-state index is -4.48. The summed E-state index contributed by atoms with van der Waals surface area (Å²) in [5.41, 5.74) is 2.13. The second-order valence-electron chi connectivity index (χ2n) is 7.20. The molecule has 0 aromatic carbocycles. The minimum Gasteiger partial charge on any atom is -0.467 e. The molecule has 2 amide bonds. The zero-order valence-electron chi connectivity index (χ0n) is 17.3. The van der Waals surface area contributed by atoms with E-state index in [2.05, 4.69) is 25.0 Å². The van der Waals surface area contributed by atoms with Crippen molar-refractivity contribution >= 4 is 11.8 Å². The fourth-order valence-corrected chi connectivity index (χ4v) is 3.23. The van der Waals surface area contributed by atoms with E-state index in [1.807, 2.05) is 0 Å². The maximum absolute atomic E-state index is 12.8. The van der Waals surface area contributed by atoms with E-state index in [0.717, 1.165) is 0 Å². The van der Waals surface area contributed by atoms with Crippen molar-refractivity contribution in [1.29, 1.82) is 0 Å². The Labute approximate surface area is 181 Å². The Morgan fingerprint density at radius 1 is 1.34 bits per heavy atom. The molecule has 2 N–H and O–H groups in total. The summed E-state index contributed by atoms with van der Waals surface area (Å²) >= 11 is 0. The summed E-state index contributed by atoms with van der Waals surface area (Å²) in [7, 11) is 0. The molecule has 1 aliphatic rings. The Morgan fingerprint density at radius 2 is 2.12 bits per heavy atom. The quantitative estimate of drug-likeness (QED) is 0.550. The predicted molar refractivity (Wildman–Crippen MR) is 105 cm³/mol. The Bertz CT molecular complexity index is 1000. The number of halogens is 3. The van der Waals surface area contributed by atoms with Gasteiger partial charge in [0, 0.05) is 37.0 Å². The van der Waals surface area contributed by atoms with Crippen molar-refractivity contribution in [3.8, 4) is 5.88 Å². The van der Waals surface area contributed by atoms with Crippen LogP contribution in [0.15, 0.2) is 18.5 Å². The van der Waals surface area contributed by atoms with Crippen LogP contribution in [-0.2, 0) is 24.3 Å². The molecule has 3 rings (SSSR count). The van der Waals surface area contributed by atoms with Crippen molar-refractivity contribution in [2.24, 2.45) is 0 Å². The number of aryl methyl sites for hydroxylation is 1. The normalized spacial score (nSPS) is 13.3. The SMILES string of the molecule is Cc1nc(CN2Cc3c(ccnc3CC(=O)NCCCO)C2=O)cnc1OCC(F)(F)F. The topological polar surface area (TPSA) is 118 Å². The second-order valence-corrected chi connectivity index (χ2v) is 7.20. The van der Waals surface area contributed by atoms with Crippen LogP contribution in [0.4, 0.5) is 13.2 Å². The first kappa shape index (κ1) is 23.4. The van der Waals surface area contributed by atoms with E-state index >= 15 is 0 Å². The van der Waals surface area contributed by atoms with Gasteiger partial charge in [-0.1, -0.05) is 0 Å². The zero-order valence-corrected chi connectivity index (χ0v) is 17.3. The largest absolute Gasteiger partial charge is 0.467 e. The number of carbonyl (C=O) groups excluding carboxylic acids is 2. The van der Waals surface area contributed by atoms with Gasteiger partial charge >= 0.3 is 6.18 Å². The lowest BCUT2D eigenvalue weighted by molar-refractivity contribution is -0.154. The van der Waals surface area contributed by atoms with Crippen LogP contribution in [0, 0.1) is 6.92 Å². The van der Waals surface area contributed by atoms with Crippen LogP contribution in [0.3, 0.4) is 0 Å². The molecule has 0 atom stereocenters. The average Bonchev–Trinajstić information content (AvgIpc) is 3.03. The molecule has 0 fully saturated rings. The molecule has 1 aliphatic heterocycles. The van der Waals surface area contributed by atoms with Gasteiger partial charge in [-0.25, -0.2) is 9.97 Å². The van der Waals surface area contributed by atoms with E-state index in [1.54, 1.807) is 6.07 Å². The second kappa shape index (κ2) is 9.90. The number of hydrogen-bond acceptors (Lipinski definition) is 7. The monoisotopic (exact) mass is 453 g/mol. The number of pyridine rings is 1. The Hall–Kier alpha value is -3.28. The van der Waals surface area contributed by atoms with Gasteiger partial charge in [-0.2, -0.15) is 13.2 Å². The third kappa shape index (κ3) is 5.90. The number of aliphatic hydroxyl groups excluding tert-OH is 1. The molecule has 0 aliphatic carbocycles. The molecule has 12 heteroatoms. The zero-order chi connectivity index (χ0) is 23.3. The van der Waals surface area contributed by atoms with Gasteiger partial charge in [-0.3, -0.25) is 14.6 Å². The Balaban J connectivity index is 1.67. The van der Waals surface area contributed by atoms with Gasteiger partial charge in [0.05, 0.1) is 36.2 Å².